The number of amides is 2. The predicted molar refractivity (Wildman–Crippen MR) is 66.1 cm³/mol. The van der Waals surface area contributed by atoms with Crippen LogP contribution in [0.5, 0.6) is 0 Å². The molecular formula is C12H24N2O3. The zero-order valence-electron chi connectivity index (χ0n) is 10.9. The smallest absolute Gasteiger partial charge is 0.317 e. The van der Waals surface area contributed by atoms with Crippen LogP contribution in [0.2, 0.25) is 0 Å². The summed E-state index contributed by atoms with van der Waals surface area (Å²) in [5, 5.41) is 2.81. The lowest BCUT2D eigenvalue weighted by Crippen LogP contribution is -2.39. The Labute approximate surface area is 103 Å². The Morgan fingerprint density at radius 3 is 2.82 bits per heavy atom. The van der Waals surface area contributed by atoms with Crippen molar-refractivity contribution in [3.8, 4) is 0 Å². The third-order valence-electron chi connectivity index (χ3n) is 3.14. The molecule has 1 rings (SSSR count). The van der Waals surface area contributed by atoms with Crippen LogP contribution in [0.4, 0.5) is 4.79 Å². The van der Waals surface area contributed by atoms with E-state index in [9.17, 15) is 4.79 Å². The van der Waals surface area contributed by atoms with Gasteiger partial charge in [0.05, 0.1) is 6.61 Å². The van der Waals surface area contributed by atoms with Gasteiger partial charge in [-0.25, -0.2) is 4.79 Å². The Hall–Kier alpha value is -0.810. The van der Waals surface area contributed by atoms with Crippen molar-refractivity contribution in [2.75, 3.05) is 47.1 Å². The first-order valence-corrected chi connectivity index (χ1v) is 6.29. The van der Waals surface area contributed by atoms with Gasteiger partial charge in [0.15, 0.2) is 0 Å². The summed E-state index contributed by atoms with van der Waals surface area (Å²) in [6, 6.07) is -0.0193. The summed E-state index contributed by atoms with van der Waals surface area (Å²) < 4.78 is 10.2. The van der Waals surface area contributed by atoms with E-state index in [0.29, 0.717) is 19.1 Å². The number of nitrogens with zero attached hydrogens (tertiary/aromatic N) is 1. The second kappa shape index (κ2) is 8.31. The molecule has 0 unspecified atom stereocenters. The average Bonchev–Trinajstić information content (AvgIpc) is 2.37. The maximum atomic E-state index is 11.6. The fourth-order valence-corrected chi connectivity index (χ4v) is 1.91. The number of urea groups is 1. The molecule has 5 nitrogen and oxygen atoms in total. The van der Waals surface area contributed by atoms with Gasteiger partial charge in [-0.3, -0.25) is 0 Å². The van der Waals surface area contributed by atoms with Crippen molar-refractivity contribution < 1.29 is 14.3 Å². The summed E-state index contributed by atoms with van der Waals surface area (Å²) in [4.78, 5) is 13.4. The van der Waals surface area contributed by atoms with Crippen LogP contribution < -0.4 is 5.32 Å². The fraction of sp³-hybridized carbons (Fsp3) is 0.917. The Kier molecular flexibility index (Phi) is 6.96. The van der Waals surface area contributed by atoms with E-state index in [1.54, 1.807) is 12.0 Å². The maximum absolute atomic E-state index is 11.6. The molecule has 0 atom stereocenters. The molecule has 1 aliphatic heterocycles. The highest BCUT2D eigenvalue weighted by Crippen LogP contribution is 2.18. The molecule has 1 N–H and O–H groups in total. The van der Waals surface area contributed by atoms with Crippen molar-refractivity contribution in [2.24, 2.45) is 5.92 Å². The zero-order chi connectivity index (χ0) is 12.5. The molecule has 5 heteroatoms. The minimum atomic E-state index is -0.0193. The molecular weight excluding hydrogens is 220 g/mol. The Morgan fingerprint density at radius 2 is 2.18 bits per heavy atom. The van der Waals surface area contributed by atoms with Gasteiger partial charge >= 0.3 is 6.03 Å². The summed E-state index contributed by atoms with van der Waals surface area (Å²) >= 11 is 0. The number of hydrogen-bond acceptors (Lipinski definition) is 3. The van der Waals surface area contributed by atoms with E-state index in [-0.39, 0.29) is 6.03 Å². The normalized spacial score (nSPS) is 16.8. The van der Waals surface area contributed by atoms with Gasteiger partial charge in [0.1, 0.15) is 0 Å². The highest BCUT2D eigenvalue weighted by atomic mass is 16.5. The minimum absolute atomic E-state index is 0.0193. The molecule has 1 heterocycles. The lowest BCUT2D eigenvalue weighted by atomic mass is 9.96. The van der Waals surface area contributed by atoms with Crippen molar-refractivity contribution >= 4 is 6.03 Å². The number of nitrogens with one attached hydrogen (secondary N) is 1. The SMILES string of the molecule is COCCNC(=O)N(C)CCC1CCOCC1. The van der Waals surface area contributed by atoms with Crippen molar-refractivity contribution in [1.29, 1.82) is 0 Å². The molecule has 0 saturated carbocycles. The molecule has 0 aliphatic carbocycles. The van der Waals surface area contributed by atoms with Crippen molar-refractivity contribution in [2.45, 2.75) is 19.3 Å². The lowest BCUT2D eigenvalue weighted by molar-refractivity contribution is 0.0619. The molecule has 0 radical (unpaired) electrons. The van der Waals surface area contributed by atoms with Crippen LogP contribution in [0.3, 0.4) is 0 Å². The third kappa shape index (κ3) is 5.89. The second-order valence-corrected chi connectivity index (χ2v) is 4.49. The number of rotatable bonds is 6. The monoisotopic (exact) mass is 244 g/mol. The fourth-order valence-electron chi connectivity index (χ4n) is 1.91. The first kappa shape index (κ1) is 14.3. The molecule has 0 bridgehead atoms. The Balaban J connectivity index is 2.10. The zero-order valence-corrected chi connectivity index (χ0v) is 10.9. The van der Waals surface area contributed by atoms with Crippen molar-refractivity contribution in [1.82, 2.24) is 10.2 Å². The summed E-state index contributed by atoms with van der Waals surface area (Å²) in [5.74, 6) is 0.706. The van der Waals surface area contributed by atoms with Crippen LogP contribution in [0.25, 0.3) is 0 Å². The van der Waals surface area contributed by atoms with Crippen molar-refractivity contribution in [3.63, 3.8) is 0 Å². The maximum Gasteiger partial charge on any atom is 0.317 e. The molecule has 0 spiro atoms. The molecule has 0 aromatic carbocycles. The molecule has 0 aromatic rings. The van der Waals surface area contributed by atoms with E-state index >= 15 is 0 Å². The Bertz CT molecular complexity index is 218. The van der Waals surface area contributed by atoms with Gasteiger partial charge in [0.25, 0.3) is 0 Å². The van der Waals surface area contributed by atoms with Crippen molar-refractivity contribution in [3.05, 3.63) is 0 Å². The van der Waals surface area contributed by atoms with Gasteiger partial charge < -0.3 is 19.7 Å². The quantitative estimate of drug-likeness (QED) is 0.712. The van der Waals surface area contributed by atoms with Crippen LogP contribution >= 0.6 is 0 Å². The molecule has 1 saturated heterocycles. The number of ether oxygens (including phenoxy) is 2. The minimum Gasteiger partial charge on any atom is -0.383 e. The largest absolute Gasteiger partial charge is 0.383 e. The van der Waals surface area contributed by atoms with Crippen LogP contribution in [0.15, 0.2) is 0 Å². The number of carbonyl (C=O) groups is 1. The summed E-state index contributed by atoms with van der Waals surface area (Å²) in [6.45, 7) is 3.67. The first-order chi connectivity index (χ1) is 8.24. The summed E-state index contributed by atoms with van der Waals surface area (Å²) in [7, 11) is 3.46. The topological polar surface area (TPSA) is 50.8 Å². The average molecular weight is 244 g/mol. The predicted octanol–water partition coefficient (Wildman–Crippen LogP) is 1.09. The van der Waals surface area contributed by atoms with Gasteiger partial charge in [-0.15, -0.1) is 0 Å². The molecule has 1 aliphatic rings. The number of hydrogen-bond donors (Lipinski definition) is 1. The van der Waals surface area contributed by atoms with Gasteiger partial charge in [0.2, 0.25) is 0 Å². The molecule has 0 aromatic heterocycles. The summed E-state index contributed by atoms with van der Waals surface area (Å²) in [6.07, 6.45) is 3.32. The van der Waals surface area contributed by atoms with E-state index in [1.807, 2.05) is 7.05 Å². The van der Waals surface area contributed by atoms with Gasteiger partial charge in [-0.2, -0.15) is 0 Å². The van der Waals surface area contributed by atoms with E-state index in [1.165, 1.54) is 0 Å². The standard InChI is InChI=1S/C12H24N2O3/c1-14(12(15)13-6-10-16-2)7-3-11-4-8-17-9-5-11/h11H,3-10H2,1-2H3,(H,13,15). The summed E-state index contributed by atoms with van der Waals surface area (Å²) in [5.41, 5.74) is 0. The molecule has 100 valence electrons. The number of carbonyl (C=O) groups excluding carboxylic acids is 1. The highest BCUT2D eigenvalue weighted by molar-refractivity contribution is 5.73. The van der Waals surface area contributed by atoms with E-state index in [4.69, 9.17) is 9.47 Å². The van der Waals surface area contributed by atoms with Crippen LogP contribution in [0, 0.1) is 5.92 Å². The van der Waals surface area contributed by atoms with E-state index < -0.39 is 0 Å². The van der Waals surface area contributed by atoms with Crippen LogP contribution in [-0.4, -0.2) is 58.0 Å². The first-order valence-electron chi connectivity index (χ1n) is 6.29. The number of methoxy groups -OCH3 is 1. The molecule has 1 fully saturated rings. The second-order valence-electron chi connectivity index (χ2n) is 4.49. The van der Waals surface area contributed by atoms with Crippen LogP contribution in [0.1, 0.15) is 19.3 Å². The van der Waals surface area contributed by atoms with E-state index in [2.05, 4.69) is 5.32 Å². The molecule has 17 heavy (non-hydrogen) atoms. The molecule has 2 amide bonds. The third-order valence-corrected chi connectivity index (χ3v) is 3.14. The van der Waals surface area contributed by atoms with Gasteiger partial charge in [-0.05, 0) is 25.2 Å². The van der Waals surface area contributed by atoms with E-state index in [0.717, 1.165) is 39.0 Å². The van der Waals surface area contributed by atoms with Crippen LogP contribution in [-0.2, 0) is 9.47 Å². The Morgan fingerprint density at radius 1 is 1.47 bits per heavy atom. The van der Waals surface area contributed by atoms with Gasteiger partial charge in [-0.1, -0.05) is 0 Å². The van der Waals surface area contributed by atoms with Gasteiger partial charge in [0, 0.05) is 40.5 Å². The lowest BCUT2D eigenvalue weighted by Gasteiger charge is -2.25. The highest BCUT2D eigenvalue weighted by Gasteiger charge is 2.15.